The third kappa shape index (κ3) is 2.11. The maximum atomic E-state index is 4.77. The van der Waals surface area contributed by atoms with Crippen molar-refractivity contribution in [3.05, 3.63) is 78.0 Å². The first kappa shape index (κ1) is 13.1. The standard InChI is InChI=1S/C22H19N/c1-2-5-15(6-3-1)16-7-4-8-19(11-16)22-13-20-17-9-10-18(12-17)21(20)14-23-22/h1-8,11,13-14,17-18H,9-10,12H2. The van der Waals surface area contributed by atoms with Gasteiger partial charge in [0.15, 0.2) is 0 Å². The number of rotatable bonds is 2. The second-order valence-electron chi connectivity index (χ2n) is 6.85. The quantitative estimate of drug-likeness (QED) is 0.584. The fraction of sp³-hybridized carbons (Fsp3) is 0.227. The lowest BCUT2D eigenvalue weighted by atomic mass is 9.92. The SMILES string of the molecule is c1ccc(-c2cccc(-c3cc4c(cn3)C3CCC4C3)c2)cc1. The van der Waals surface area contributed by atoms with Gasteiger partial charge in [-0.2, -0.15) is 0 Å². The van der Waals surface area contributed by atoms with Gasteiger partial charge in [-0.3, -0.25) is 4.98 Å². The Morgan fingerprint density at radius 2 is 1.43 bits per heavy atom. The van der Waals surface area contributed by atoms with Crippen molar-refractivity contribution in [2.75, 3.05) is 0 Å². The minimum atomic E-state index is 0.784. The molecule has 3 aromatic rings. The molecule has 5 rings (SSSR count). The summed E-state index contributed by atoms with van der Waals surface area (Å²) in [7, 11) is 0. The van der Waals surface area contributed by atoms with Crippen LogP contribution in [0.5, 0.6) is 0 Å². The van der Waals surface area contributed by atoms with Gasteiger partial charge in [0.1, 0.15) is 0 Å². The van der Waals surface area contributed by atoms with Gasteiger partial charge in [-0.05, 0) is 65.5 Å². The van der Waals surface area contributed by atoms with Crippen LogP contribution in [0.15, 0.2) is 66.9 Å². The zero-order valence-corrected chi connectivity index (χ0v) is 13.1. The van der Waals surface area contributed by atoms with Crippen LogP contribution in [0.2, 0.25) is 0 Å². The van der Waals surface area contributed by atoms with Crippen LogP contribution in [0.25, 0.3) is 22.4 Å². The van der Waals surface area contributed by atoms with Crippen molar-refractivity contribution in [3.8, 4) is 22.4 Å². The lowest BCUT2D eigenvalue weighted by Crippen LogP contribution is -1.99. The van der Waals surface area contributed by atoms with E-state index in [0.29, 0.717) is 0 Å². The Morgan fingerprint density at radius 3 is 2.30 bits per heavy atom. The van der Waals surface area contributed by atoms with E-state index in [0.717, 1.165) is 17.5 Å². The Kier molecular flexibility index (Phi) is 2.87. The van der Waals surface area contributed by atoms with Gasteiger partial charge in [-0.1, -0.05) is 48.5 Å². The first-order chi connectivity index (χ1) is 11.4. The summed E-state index contributed by atoms with van der Waals surface area (Å²) in [5.41, 5.74) is 7.94. The average Bonchev–Trinajstić information content (AvgIpc) is 3.25. The minimum Gasteiger partial charge on any atom is -0.256 e. The van der Waals surface area contributed by atoms with E-state index in [2.05, 4.69) is 66.9 Å². The molecule has 112 valence electrons. The van der Waals surface area contributed by atoms with Gasteiger partial charge in [0, 0.05) is 11.8 Å². The molecule has 1 heteroatoms. The molecule has 2 unspecified atom stereocenters. The predicted molar refractivity (Wildman–Crippen MR) is 94.4 cm³/mol. The molecule has 1 fully saturated rings. The fourth-order valence-electron chi connectivity index (χ4n) is 4.37. The molecule has 0 saturated heterocycles. The molecule has 2 atom stereocenters. The third-order valence-corrected chi connectivity index (χ3v) is 5.55. The summed E-state index contributed by atoms with van der Waals surface area (Å²) in [6.45, 7) is 0. The molecule has 1 nitrogen and oxygen atoms in total. The number of pyridine rings is 1. The van der Waals surface area contributed by atoms with Crippen molar-refractivity contribution >= 4 is 0 Å². The Labute approximate surface area is 137 Å². The summed E-state index contributed by atoms with van der Waals surface area (Å²) in [6.07, 6.45) is 6.22. The van der Waals surface area contributed by atoms with Gasteiger partial charge in [-0.15, -0.1) is 0 Å². The summed E-state index contributed by atoms with van der Waals surface area (Å²) in [5.74, 6) is 1.57. The summed E-state index contributed by atoms with van der Waals surface area (Å²) in [5, 5.41) is 0. The van der Waals surface area contributed by atoms with E-state index in [1.807, 2.05) is 0 Å². The maximum absolute atomic E-state index is 4.77. The summed E-state index contributed by atoms with van der Waals surface area (Å²) in [6, 6.07) is 21.7. The molecule has 2 aliphatic rings. The van der Waals surface area contributed by atoms with Crippen molar-refractivity contribution in [2.45, 2.75) is 31.1 Å². The molecule has 0 amide bonds. The molecule has 1 heterocycles. The van der Waals surface area contributed by atoms with Crippen molar-refractivity contribution in [1.29, 1.82) is 0 Å². The van der Waals surface area contributed by atoms with Gasteiger partial charge in [0.05, 0.1) is 5.69 Å². The molecule has 0 radical (unpaired) electrons. The van der Waals surface area contributed by atoms with Crippen LogP contribution in [-0.2, 0) is 0 Å². The first-order valence-electron chi connectivity index (χ1n) is 8.54. The van der Waals surface area contributed by atoms with Crippen LogP contribution in [0.1, 0.15) is 42.2 Å². The highest BCUT2D eigenvalue weighted by Gasteiger charge is 2.37. The smallest absolute Gasteiger partial charge is 0.0705 e. The Bertz CT molecular complexity index is 866. The number of nitrogens with zero attached hydrogens (tertiary/aromatic N) is 1. The summed E-state index contributed by atoms with van der Waals surface area (Å²) >= 11 is 0. The molecule has 23 heavy (non-hydrogen) atoms. The Morgan fingerprint density at radius 1 is 0.696 bits per heavy atom. The molecule has 2 bridgehead atoms. The second-order valence-corrected chi connectivity index (χ2v) is 6.85. The number of benzene rings is 2. The van der Waals surface area contributed by atoms with Gasteiger partial charge in [0.2, 0.25) is 0 Å². The average molecular weight is 297 g/mol. The predicted octanol–water partition coefficient (Wildman–Crippen LogP) is 5.78. The molecule has 0 N–H and O–H groups in total. The minimum absolute atomic E-state index is 0.784. The van der Waals surface area contributed by atoms with E-state index >= 15 is 0 Å². The topological polar surface area (TPSA) is 12.9 Å². The molecule has 2 aromatic carbocycles. The van der Waals surface area contributed by atoms with Crippen molar-refractivity contribution in [1.82, 2.24) is 4.98 Å². The highest BCUT2D eigenvalue weighted by Crippen LogP contribution is 2.53. The molecule has 0 spiro atoms. The number of hydrogen-bond acceptors (Lipinski definition) is 1. The van der Waals surface area contributed by atoms with Crippen LogP contribution in [0.3, 0.4) is 0 Å². The zero-order valence-electron chi connectivity index (χ0n) is 13.1. The van der Waals surface area contributed by atoms with Crippen LogP contribution < -0.4 is 0 Å². The summed E-state index contributed by atoms with van der Waals surface area (Å²) < 4.78 is 0. The Hall–Kier alpha value is -2.41. The first-order valence-corrected chi connectivity index (χ1v) is 8.54. The normalized spacial score (nSPS) is 21.4. The molecular weight excluding hydrogens is 278 g/mol. The largest absolute Gasteiger partial charge is 0.256 e. The highest BCUT2D eigenvalue weighted by molar-refractivity contribution is 5.72. The Balaban J connectivity index is 1.57. The van der Waals surface area contributed by atoms with Crippen molar-refractivity contribution in [2.24, 2.45) is 0 Å². The molecule has 2 aliphatic carbocycles. The zero-order chi connectivity index (χ0) is 15.2. The van der Waals surface area contributed by atoms with E-state index in [9.17, 15) is 0 Å². The summed E-state index contributed by atoms with van der Waals surface area (Å²) in [4.78, 5) is 4.77. The lowest BCUT2D eigenvalue weighted by molar-refractivity contribution is 0.714. The van der Waals surface area contributed by atoms with Crippen LogP contribution in [-0.4, -0.2) is 4.98 Å². The monoisotopic (exact) mass is 297 g/mol. The van der Waals surface area contributed by atoms with E-state index < -0.39 is 0 Å². The molecule has 1 aromatic heterocycles. The molecule has 0 aliphatic heterocycles. The highest BCUT2D eigenvalue weighted by atomic mass is 14.7. The van der Waals surface area contributed by atoms with E-state index in [-0.39, 0.29) is 0 Å². The number of fused-ring (bicyclic) bond motifs is 5. The number of hydrogen-bond donors (Lipinski definition) is 0. The van der Waals surface area contributed by atoms with Crippen LogP contribution in [0.4, 0.5) is 0 Å². The van der Waals surface area contributed by atoms with Crippen molar-refractivity contribution < 1.29 is 0 Å². The molecular formula is C22H19N. The molecule has 1 saturated carbocycles. The van der Waals surface area contributed by atoms with E-state index in [4.69, 9.17) is 4.98 Å². The maximum Gasteiger partial charge on any atom is 0.0705 e. The van der Waals surface area contributed by atoms with E-state index in [1.54, 1.807) is 5.56 Å². The third-order valence-electron chi connectivity index (χ3n) is 5.55. The second kappa shape index (κ2) is 5.06. The van der Waals surface area contributed by atoms with Gasteiger partial charge in [-0.25, -0.2) is 0 Å². The fourth-order valence-corrected chi connectivity index (χ4v) is 4.37. The van der Waals surface area contributed by atoms with Crippen molar-refractivity contribution in [3.63, 3.8) is 0 Å². The van der Waals surface area contributed by atoms with Crippen LogP contribution in [0, 0.1) is 0 Å². The van der Waals surface area contributed by atoms with Gasteiger partial charge >= 0.3 is 0 Å². The van der Waals surface area contributed by atoms with Gasteiger partial charge < -0.3 is 0 Å². The van der Waals surface area contributed by atoms with Gasteiger partial charge in [0.25, 0.3) is 0 Å². The van der Waals surface area contributed by atoms with Crippen LogP contribution >= 0.6 is 0 Å². The van der Waals surface area contributed by atoms with E-state index in [1.165, 1.54) is 41.5 Å². The lowest BCUT2D eigenvalue weighted by Gasteiger charge is -2.15. The number of aromatic nitrogens is 1.